The Morgan fingerprint density at radius 3 is 2.40 bits per heavy atom. The van der Waals surface area contributed by atoms with Crippen LogP contribution in [0, 0.1) is 0 Å². The van der Waals surface area contributed by atoms with Crippen LogP contribution in [0.15, 0.2) is 59.7 Å². The summed E-state index contributed by atoms with van der Waals surface area (Å²) in [6.07, 6.45) is 11.9. The van der Waals surface area contributed by atoms with Crippen LogP contribution in [0.25, 0.3) is 55.4 Å². The van der Waals surface area contributed by atoms with Crippen molar-refractivity contribution in [3.8, 4) is 22.4 Å². The number of imidazole rings is 1. The van der Waals surface area contributed by atoms with Gasteiger partial charge in [-0.25, -0.2) is 9.78 Å². The minimum Gasteiger partial charge on any atom is -0.339 e. The molecule has 2 fully saturated rings. The lowest BCUT2D eigenvalue weighted by atomic mass is 9.96. The Labute approximate surface area is 264 Å². The van der Waals surface area contributed by atoms with Crippen LogP contribution in [0.3, 0.4) is 0 Å². The number of nitrogens with zero attached hydrogens (tertiary/aromatic N) is 6. The molecule has 45 heavy (non-hydrogen) atoms. The number of likely N-dealkylation sites (tertiary alicyclic amines) is 1. The Balaban J connectivity index is 1.28. The molecule has 2 aromatic carbocycles. The van der Waals surface area contributed by atoms with E-state index in [1.165, 1.54) is 5.56 Å². The number of rotatable bonds is 6. The van der Waals surface area contributed by atoms with Crippen LogP contribution >= 0.6 is 0 Å². The highest BCUT2D eigenvalue weighted by Crippen LogP contribution is 2.43. The van der Waals surface area contributed by atoms with Gasteiger partial charge >= 0.3 is 5.69 Å². The highest BCUT2D eigenvalue weighted by Gasteiger charge is 2.28. The number of H-pyrrole nitrogens is 1. The lowest BCUT2D eigenvalue weighted by Gasteiger charge is -2.30. The molecule has 4 aromatic heterocycles. The van der Waals surface area contributed by atoms with E-state index in [1.54, 1.807) is 4.57 Å². The number of aromatic amines is 1. The van der Waals surface area contributed by atoms with Crippen molar-refractivity contribution in [2.75, 3.05) is 19.3 Å². The van der Waals surface area contributed by atoms with Crippen molar-refractivity contribution in [1.82, 2.24) is 33.8 Å². The quantitative estimate of drug-likeness (QED) is 0.250. The van der Waals surface area contributed by atoms with Gasteiger partial charge < -0.3 is 4.98 Å². The van der Waals surface area contributed by atoms with E-state index in [-0.39, 0.29) is 11.7 Å². The summed E-state index contributed by atoms with van der Waals surface area (Å²) < 4.78 is 17.6. The van der Waals surface area contributed by atoms with E-state index in [4.69, 9.17) is 4.98 Å². The van der Waals surface area contributed by atoms with Gasteiger partial charge in [-0.05, 0) is 67.6 Å². The average molecular weight is 622 g/mol. The summed E-state index contributed by atoms with van der Waals surface area (Å²) in [5.41, 5.74) is 9.20. The average Bonchev–Trinajstić information content (AvgIpc) is 3.84. The van der Waals surface area contributed by atoms with E-state index in [1.807, 2.05) is 37.4 Å². The van der Waals surface area contributed by atoms with Crippen molar-refractivity contribution in [3.05, 3.63) is 70.9 Å². The first-order valence-corrected chi connectivity index (χ1v) is 17.7. The third kappa shape index (κ3) is 4.77. The van der Waals surface area contributed by atoms with E-state index < -0.39 is 10.8 Å². The van der Waals surface area contributed by atoms with Crippen LogP contribution < -0.4 is 5.69 Å². The van der Waals surface area contributed by atoms with Crippen LogP contribution in [0.5, 0.6) is 0 Å². The molecule has 1 saturated heterocycles. The molecule has 232 valence electrons. The number of piperidine rings is 1. The summed E-state index contributed by atoms with van der Waals surface area (Å²) in [5, 5.41) is 6.88. The second-order valence-corrected chi connectivity index (χ2v) is 14.6. The molecule has 1 N–H and O–H groups in total. The molecule has 10 heteroatoms. The molecule has 0 radical (unpaired) electrons. The summed E-state index contributed by atoms with van der Waals surface area (Å²) in [6.45, 7) is 2.85. The first-order valence-electron chi connectivity index (χ1n) is 16.0. The smallest absolute Gasteiger partial charge is 0.329 e. The first-order chi connectivity index (χ1) is 21.9. The van der Waals surface area contributed by atoms with Crippen LogP contribution in [-0.4, -0.2) is 62.6 Å². The fraction of sp³-hybridized carbons (Fsp3) is 0.400. The summed E-state index contributed by atoms with van der Waals surface area (Å²) >= 11 is 0. The van der Waals surface area contributed by atoms with Gasteiger partial charge in [0.1, 0.15) is 5.65 Å². The van der Waals surface area contributed by atoms with Gasteiger partial charge in [0.2, 0.25) is 0 Å². The van der Waals surface area contributed by atoms with Crippen LogP contribution in [0.1, 0.15) is 50.1 Å². The van der Waals surface area contributed by atoms with E-state index in [0.717, 1.165) is 114 Å². The van der Waals surface area contributed by atoms with Crippen LogP contribution in [-0.2, 0) is 31.4 Å². The monoisotopic (exact) mass is 621 g/mol. The predicted molar refractivity (Wildman–Crippen MR) is 182 cm³/mol. The minimum atomic E-state index is -0.741. The van der Waals surface area contributed by atoms with E-state index in [2.05, 4.69) is 62.0 Å². The normalized spacial score (nSPS) is 17.8. The van der Waals surface area contributed by atoms with Gasteiger partial charge in [-0.1, -0.05) is 43.2 Å². The Hall–Kier alpha value is -4.02. The third-order valence-electron chi connectivity index (χ3n) is 10.2. The van der Waals surface area contributed by atoms with E-state index in [0.29, 0.717) is 5.25 Å². The first kappa shape index (κ1) is 28.5. The molecule has 0 bridgehead atoms. The van der Waals surface area contributed by atoms with E-state index in [9.17, 15) is 9.00 Å². The minimum absolute atomic E-state index is 0.0289. The number of nitrogens with one attached hydrogen (secondary N) is 1. The molecule has 0 spiro atoms. The molecule has 8 rings (SSSR count). The van der Waals surface area contributed by atoms with Gasteiger partial charge in [0.05, 0.1) is 40.0 Å². The van der Waals surface area contributed by atoms with Crippen molar-refractivity contribution in [3.63, 3.8) is 0 Å². The fourth-order valence-electron chi connectivity index (χ4n) is 7.74. The van der Waals surface area contributed by atoms with Gasteiger partial charge in [-0.3, -0.25) is 22.9 Å². The maximum atomic E-state index is 13.7. The maximum Gasteiger partial charge on any atom is 0.329 e. The van der Waals surface area contributed by atoms with Crippen molar-refractivity contribution < 1.29 is 4.21 Å². The summed E-state index contributed by atoms with van der Waals surface area (Å²) in [7, 11) is 3.08. The Kier molecular flexibility index (Phi) is 7.02. The van der Waals surface area contributed by atoms with Crippen LogP contribution in [0.4, 0.5) is 0 Å². The molecule has 1 atom stereocenters. The second-order valence-electron chi connectivity index (χ2n) is 13.0. The molecule has 0 amide bonds. The molecule has 1 aliphatic carbocycles. The van der Waals surface area contributed by atoms with Gasteiger partial charge in [0.15, 0.2) is 0 Å². The fourth-order valence-corrected chi connectivity index (χ4v) is 8.61. The molecule has 2 aliphatic rings. The van der Waals surface area contributed by atoms with Crippen molar-refractivity contribution >= 4 is 43.8 Å². The number of fused-ring (bicyclic) bond motifs is 4. The Bertz CT molecular complexity index is 2140. The maximum absolute atomic E-state index is 13.7. The summed E-state index contributed by atoms with van der Waals surface area (Å²) in [6, 6.07) is 15.5. The largest absolute Gasteiger partial charge is 0.339 e. The zero-order valence-corrected chi connectivity index (χ0v) is 26.9. The zero-order valence-electron chi connectivity index (χ0n) is 26.1. The Morgan fingerprint density at radius 1 is 0.933 bits per heavy atom. The SMILES string of the molecule is Cn1ncc2cc(-c3c(-c4ccc(CN5CCC(S(C)=O)CC5)cc4)[nH]c4ncc5c(c34)n(C3CCCC3)c(=O)n5C)ccc21. The standard InChI is InChI=1S/C35H39N7O2S/c1-39-29-20-36-34-31(33(29)42(35(39)43)26-6-4-5-7-26)30(24-12-13-28-25(18-24)19-37-40(28)2)32(38-34)23-10-8-22(9-11-23)21-41-16-14-27(15-17-41)45(3)44/h8-13,18-20,26-27H,4-7,14-17,21H2,1-3H3,(H,36,38). The Morgan fingerprint density at radius 2 is 1.67 bits per heavy atom. The van der Waals surface area contributed by atoms with E-state index >= 15 is 0 Å². The topological polar surface area (TPSA) is 93.7 Å². The predicted octanol–water partition coefficient (Wildman–Crippen LogP) is 5.90. The molecule has 1 unspecified atom stereocenters. The molecule has 9 nitrogen and oxygen atoms in total. The molecule has 1 aliphatic heterocycles. The van der Waals surface area contributed by atoms with Crippen LogP contribution in [0.2, 0.25) is 0 Å². The molecular formula is C35H39N7O2S. The summed E-state index contributed by atoms with van der Waals surface area (Å²) in [4.78, 5) is 24.8. The second kappa shape index (κ2) is 11.1. The lowest BCUT2D eigenvalue weighted by Crippen LogP contribution is -2.36. The van der Waals surface area contributed by atoms with Gasteiger partial charge in [0.25, 0.3) is 0 Å². The highest BCUT2D eigenvalue weighted by atomic mass is 32.2. The van der Waals surface area contributed by atoms with Crippen molar-refractivity contribution in [2.24, 2.45) is 14.1 Å². The third-order valence-corrected chi connectivity index (χ3v) is 11.7. The van der Waals surface area contributed by atoms with Crippen molar-refractivity contribution in [2.45, 2.75) is 56.4 Å². The molecule has 6 aromatic rings. The number of hydrogen-bond acceptors (Lipinski definition) is 5. The van der Waals surface area contributed by atoms with Gasteiger partial charge in [-0.15, -0.1) is 0 Å². The molecule has 5 heterocycles. The lowest BCUT2D eigenvalue weighted by molar-refractivity contribution is 0.223. The number of benzene rings is 2. The zero-order chi connectivity index (χ0) is 30.8. The number of aromatic nitrogens is 6. The molecule has 1 saturated carbocycles. The van der Waals surface area contributed by atoms with Gasteiger partial charge in [0, 0.05) is 59.9 Å². The molecular weight excluding hydrogens is 582 g/mol. The van der Waals surface area contributed by atoms with Crippen molar-refractivity contribution in [1.29, 1.82) is 0 Å². The number of aryl methyl sites for hydroxylation is 2. The number of pyridine rings is 1. The summed E-state index contributed by atoms with van der Waals surface area (Å²) in [5.74, 6) is 0. The number of hydrogen-bond donors (Lipinski definition) is 1. The highest BCUT2D eigenvalue weighted by molar-refractivity contribution is 7.84. The van der Waals surface area contributed by atoms with Gasteiger partial charge in [-0.2, -0.15) is 5.10 Å².